The Balaban J connectivity index is 1.94. The van der Waals surface area contributed by atoms with E-state index in [-0.39, 0.29) is 0 Å². The van der Waals surface area contributed by atoms with Crippen LogP contribution in [0.2, 0.25) is 0 Å². The number of nitriles is 1. The molecule has 3 nitrogen and oxygen atoms in total. The fraction of sp³-hybridized carbons (Fsp3) is 0.125. The number of rotatable bonds is 3. The highest BCUT2D eigenvalue weighted by molar-refractivity contribution is 7.08. The van der Waals surface area contributed by atoms with Gasteiger partial charge in [-0.25, -0.2) is 4.98 Å². The Morgan fingerprint density at radius 1 is 1.30 bits per heavy atom. The number of aryl methyl sites for hydroxylation is 1. The highest BCUT2D eigenvalue weighted by Gasteiger charge is 2.07. The van der Waals surface area contributed by atoms with E-state index < -0.39 is 0 Å². The van der Waals surface area contributed by atoms with Crippen LogP contribution in [0, 0.1) is 18.3 Å². The van der Waals surface area contributed by atoms with Gasteiger partial charge in [-0.05, 0) is 40.9 Å². The molecule has 0 unspecified atom stereocenters. The Morgan fingerprint density at radius 3 is 2.90 bits per heavy atom. The number of thiophene rings is 1. The molecule has 0 atom stereocenters. The summed E-state index contributed by atoms with van der Waals surface area (Å²) < 4.78 is 0. The first-order chi connectivity index (χ1) is 9.78. The van der Waals surface area contributed by atoms with Gasteiger partial charge in [0, 0.05) is 11.9 Å². The van der Waals surface area contributed by atoms with E-state index in [1.165, 1.54) is 11.1 Å². The zero-order chi connectivity index (χ0) is 13.9. The van der Waals surface area contributed by atoms with Crippen molar-refractivity contribution in [3.63, 3.8) is 0 Å². The van der Waals surface area contributed by atoms with Crippen LogP contribution in [0.5, 0.6) is 0 Å². The predicted octanol–water partition coefficient (Wildman–Crippen LogP) is 4.09. The Bertz CT molecular complexity index is 799. The SMILES string of the molecule is Cc1cscc1CNc1nc2ccccc2cc1C#N. The van der Waals surface area contributed by atoms with Gasteiger partial charge in [0.1, 0.15) is 11.9 Å². The van der Waals surface area contributed by atoms with Gasteiger partial charge >= 0.3 is 0 Å². The summed E-state index contributed by atoms with van der Waals surface area (Å²) in [4.78, 5) is 4.54. The molecule has 20 heavy (non-hydrogen) atoms. The van der Waals surface area contributed by atoms with Gasteiger partial charge in [0.15, 0.2) is 0 Å². The van der Waals surface area contributed by atoms with Crippen molar-refractivity contribution < 1.29 is 0 Å². The number of hydrogen-bond donors (Lipinski definition) is 1. The molecule has 0 amide bonds. The maximum Gasteiger partial charge on any atom is 0.144 e. The molecule has 0 bridgehead atoms. The van der Waals surface area contributed by atoms with Crippen molar-refractivity contribution in [3.05, 3.63) is 57.8 Å². The van der Waals surface area contributed by atoms with Gasteiger partial charge in [-0.2, -0.15) is 16.6 Å². The molecule has 0 saturated heterocycles. The molecule has 0 aliphatic heterocycles. The maximum atomic E-state index is 9.26. The fourth-order valence-corrected chi connectivity index (χ4v) is 2.94. The summed E-state index contributed by atoms with van der Waals surface area (Å²) in [5, 5.41) is 17.8. The summed E-state index contributed by atoms with van der Waals surface area (Å²) >= 11 is 1.69. The molecule has 1 N–H and O–H groups in total. The Labute approximate surface area is 121 Å². The second-order valence-corrected chi connectivity index (χ2v) is 5.37. The molecular formula is C16H13N3S. The topological polar surface area (TPSA) is 48.7 Å². The highest BCUT2D eigenvalue weighted by atomic mass is 32.1. The number of nitrogens with one attached hydrogen (secondary N) is 1. The van der Waals surface area contributed by atoms with Gasteiger partial charge in [0.2, 0.25) is 0 Å². The van der Waals surface area contributed by atoms with Crippen molar-refractivity contribution in [2.45, 2.75) is 13.5 Å². The molecule has 1 aromatic carbocycles. The number of anilines is 1. The van der Waals surface area contributed by atoms with E-state index in [4.69, 9.17) is 0 Å². The Hall–Kier alpha value is -2.38. The fourth-order valence-electron chi connectivity index (χ4n) is 2.08. The van der Waals surface area contributed by atoms with Gasteiger partial charge in [-0.3, -0.25) is 0 Å². The Morgan fingerprint density at radius 2 is 2.15 bits per heavy atom. The van der Waals surface area contributed by atoms with Crippen LogP contribution in [0.4, 0.5) is 5.82 Å². The van der Waals surface area contributed by atoms with E-state index in [1.54, 1.807) is 11.3 Å². The second kappa shape index (κ2) is 5.32. The summed E-state index contributed by atoms with van der Waals surface area (Å²) in [7, 11) is 0. The lowest BCUT2D eigenvalue weighted by Crippen LogP contribution is -2.04. The largest absolute Gasteiger partial charge is 0.365 e. The number of hydrogen-bond acceptors (Lipinski definition) is 4. The first-order valence-electron chi connectivity index (χ1n) is 6.33. The van der Waals surface area contributed by atoms with Crippen molar-refractivity contribution in [2.24, 2.45) is 0 Å². The van der Waals surface area contributed by atoms with E-state index in [1.807, 2.05) is 30.3 Å². The maximum absolute atomic E-state index is 9.26. The summed E-state index contributed by atoms with van der Waals surface area (Å²) in [6.45, 7) is 2.78. The van der Waals surface area contributed by atoms with Crippen molar-refractivity contribution in [1.82, 2.24) is 4.98 Å². The van der Waals surface area contributed by atoms with Gasteiger partial charge < -0.3 is 5.32 Å². The van der Waals surface area contributed by atoms with Crippen LogP contribution in [0.1, 0.15) is 16.7 Å². The minimum absolute atomic E-state index is 0.580. The number of pyridine rings is 1. The van der Waals surface area contributed by atoms with Crippen LogP contribution in [0.25, 0.3) is 10.9 Å². The van der Waals surface area contributed by atoms with E-state index >= 15 is 0 Å². The zero-order valence-corrected chi connectivity index (χ0v) is 11.9. The molecule has 0 fully saturated rings. The van der Waals surface area contributed by atoms with Crippen LogP contribution in [0.15, 0.2) is 41.1 Å². The highest BCUT2D eigenvalue weighted by Crippen LogP contribution is 2.21. The van der Waals surface area contributed by atoms with Gasteiger partial charge in [0.05, 0.1) is 11.1 Å². The summed E-state index contributed by atoms with van der Waals surface area (Å²) in [5.41, 5.74) is 3.99. The van der Waals surface area contributed by atoms with Gasteiger partial charge in [-0.15, -0.1) is 0 Å². The molecule has 2 heterocycles. The predicted molar refractivity (Wildman–Crippen MR) is 82.8 cm³/mol. The second-order valence-electron chi connectivity index (χ2n) is 4.62. The molecule has 3 rings (SSSR count). The average Bonchev–Trinajstić information content (AvgIpc) is 2.89. The lowest BCUT2D eigenvalue weighted by molar-refractivity contribution is 1.11. The smallest absolute Gasteiger partial charge is 0.144 e. The van der Waals surface area contributed by atoms with Crippen LogP contribution in [-0.4, -0.2) is 4.98 Å². The number of para-hydroxylation sites is 1. The van der Waals surface area contributed by atoms with Crippen molar-refractivity contribution in [1.29, 1.82) is 5.26 Å². The van der Waals surface area contributed by atoms with Gasteiger partial charge in [0.25, 0.3) is 0 Å². The van der Waals surface area contributed by atoms with Crippen LogP contribution >= 0.6 is 11.3 Å². The summed E-state index contributed by atoms with van der Waals surface area (Å²) in [6.07, 6.45) is 0. The lowest BCUT2D eigenvalue weighted by Gasteiger charge is -2.08. The lowest BCUT2D eigenvalue weighted by atomic mass is 10.1. The standard InChI is InChI=1S/C16H13N3S/c1-11-9-20-10-14(11)8-18-16-13(7-17)6-12-4-2-3-5-15(12)19-16/h2-6,9-10H,8H2,1H3,(H,18,19). The molecule has 3 aromatic rings. The third-order valence-corrected chi connectivity index (χ3v) is 4.16. The third-order valence-electron chi connectivity index (χ3n) is 3.25. The third kappa shape index (κ3) is 2.36. The minimum Gasteiger partial charge on any atom is -0.365 e. The number of benzene rings is 1. The van der Waals surface area contributed by atoms with Crippen LogP contribution in [-0.2, 0) is 6.54 Å². The molecule has 0 radical (unpaired) electrons. The van der Waals surface area contributed by atoms with Gasteiger partial charge in [-0.1, -0.05) is 18.2 Å². The average molecular weight is 279 g/mol. The first-order valence-corrected chi connectivity index (χ1v) is 7.27. The first kappa shape index (κ1) is 12.6. The molecule has 0 aliphatic carbocycles. The monoisotopic (exact) mass is 279 g/mol. The Kier molecular flexibility index (Phi) is 3.36. The van der Waals surface area contributed by atoms with Crippen LogP contribution in [0.3, 0.4) is 0 Å². The van der Waals surface area contributed by atoms with E-state index in [9.17, 15) is 5.26 Å². The molecule has 2 aromatic heterocycles. The zero-order valence-electron chi connectivity index (χ0n) is 11.1. The van der Waals surface area contributed by atoms with Crippen molar-refractivity contribution in [2.75, 3.05) is 5.32 Å². The molecule has 0 aliphatic rings. The van der Waals surface area contributed by atoms with E-state index in [0.29, 0.717) is 17.9 Å². The van der Waals surface area contributed by atoms with E-state index in [2.05, 4.69) is 34.1 Å². The number of fused-ring (bicyclic) bond motifs is 1. The van der Waals surface area contributed by atoms with E-state index in [0.717, 1.165) is 10.9 Å². The van der Waals surface area contributed by atoms with Crippen LogP contribution < -0.4 is 5.32 Å². The minimum atomic E-state index is 0.580. The van der Waals surface area contributed by atoms with Crippen molar-refractivity contribution >= 4 is 28.1 Å². The number of aromatic nitrogens is 1. The summed E-state index contributed by atoms with van der Waals surface area (Å²) in [5.74, 6) is 0.650. The molecule has 98 valence electrons. The molecular weight excluding hydrogens is 266 g/mol. The molecule has 4 heteroatoms. The molecule has 0 saturated carbocycles. The molecule has 0 spiro atoms. The van der Waals surface area contributed by atoms with Crippen molar-refractivity contribution in [3.8, 4) is 6.07 Å². The normalized spacial score (nSPS) is 10.4. The summed E-state index contributed by atoms with van der Waals surface area (Å²) in [6, 6.07) is 11.9. The quantitative estimate of drug-likeness (QED) is 0.785. The number of nitrogens with zero attached hydrogens (tertiary/aromatic N) is 2.